The number of nitrogen functional groups attached to an aromatic ring is 1. The molecule has 0 aliphatic rings. The number of anilines is 1. The third-order valence-corrected chi connectivity index (χ3v) is 3.16. The second-order valence-electron chi connectivity index (χ2n) is 4.67. The maximum absolute atomic E-state index is 6.05. The van der Waals surface area contributed by atoms with Gasteiger partial charge in [0.1, 0.15) is 24.7 Å². The molecule has 3 nitrogen and oxygen atoms in total. The monoisotopic (exact) mass is 291 g/mol. The lowest BCUT2D eigenvalue weighted by atomic mass is 10.2. The Morgan fingerprint density at radius 3 is 2.20 bits per heavy atom. The second kappa shape index (κ2) is 6.53. The number of nitrogens with two attached hydrogens (primary N) is 1. The normalized spacial score (nSPS) is 10.3. The van der Waals surface area contributed by atoms with Crippen LogP contribution in [0.1, 0.15) is 11.1 Å². The molecule has 4 heteroatoms. The molecule has 2 N–H and O–H groups in total. The first kappa shape index (κ1) is 14.5. The van der Waals surface area contributed by atoms with Gasteiger partial charge < -0.3 is 15.2 Å². The van der Waals surface area contributed by atoms with Crippen LogP contribution >= 0.6 is 11.6 Å². The van der Waals surface area contributed by atoms with Crippen molar-refractivity contribution in [3.05, 3.63) is 52.5 Å². The van der Waals surface area contributed by atoms with Gasteiger partial charge >= 0.3 is 0 Å². The van der Waals surface area contributed by atoms with Crippen LogP contribution in [0, 0.1) is 13.8 Å². The van der Waals surface area contributed by atoms with E-state index in [9.17, 15) is 0 Å². The molecule has 106 valence electrons. The van der Waals surface area contributed by atoms with E-state index < -0.39 is 0 Å². The number of ether oxygens (including phenoxy) is 2. The van der Waals surface area contributed by atoms with E-state index in [-0.39, 0.29) is 0 Å². The molecule has 2 rings (SSSR count). The molecule has 0 unspecified atom stereocenters. The van der Waals surface area contributed by atoms with E-state index in [1.165, 1.54) is 0 Å². The van der Waals surface area contributed by atoms with E-state index in [1.807, 2.05) is 50.2 Å². The molecular formula is C16H18ClNO2. The molecule has 0 atom stereocenters. The van der Waals surface area contributed by atoms with Gasteiger partial charge in [-0.15, -0.1) is 0 Å². The summed E-state index contributed by atoms with van der Waals surface area (Å²) in [6, 6.07) is 11.4. The molecule has 2 aromatic carbocycles. The molecule has 0 radical (unpaired) electrons. The highest BCUT2D eigenvalue weighted by Gasteiger charge is 2.03. The van der Waals surface area contributed by atoms with Gasteiger partial charge in [0.05, 0.1) is 10.7 Å². The summed E-state index contributed by atoms with van der Waals surface area (Å²) in [6.45, 7) is 4.81. The highest BCUT2D eigenvalue weighted by molar-refractivity contribution is 6.32. The Morgan fingerprint density at radius 2 is 1.50 bits per heavy atom. The summed E-state index contributed by atoms with van der Waals surface area (Å²) < 4.78 is 11.2. The van der Waals surface area contributed by atoms with Gasteiger partial charge in [-0.25, -0.2) is 0 Å². The minimum Gasteiger partial charge on any atom is -0.488 e. The smallest absolute Gasteiger partial charge is 0.142 e. The van der Waals surface area contributed by atoms with E-state index in [4.69, 9.17) is 26.8 Å². The van der Waals surface area contributed by atoms with Crippen molar-refractivity contribution in [3.63, 3.8) is 0 Å². The van der Waals surface area contributed by atoms with Crippen molar-refractivity contribution in [1.29, 1.82) is 0 Å². The lowest BCUT2D eigenvalue weighted by Gasteiger charge is -2.11. The van der Waals surface area contributed by atoms with Crippen LogP contribution in [0.4, 0.5) is 5.69 Å². The molecule has 0 aromatic heterocycles. The zero-order valence-electron chi connectivity index (χ0n) is 11.7. The number of rotatable bonds is 5. The summed E-state index contributed by atoms with van der Waals surface area (Å²) in [5.41, 5.74) is 8.72. The first-order valence-electron chi connectivity index (χ1n) is 6.44. The second-order valence-corrected chi connectivity index (χ2v) is 5.08. The van der Waals surface area contributed by atoms with Gasteiger partial charge in [-0.2, -0.15) is 0 Å². The molecule has 0 bridgehead atoms. The minimum absolute atomic E-state index is 0.413. The van der Waals surface area contributed by atoms with Gasteiger partial charge in [0.15, 0.2) is 0 Å². The zero-order chi connectivity index (χ0) is 14.5. The van der Waals surface area contributed by atoms with Crippen LogP contribution in [0.15, 0.2) is 36.4 Å². The molecule has 0 aliphatic carbocycles. The number of aryl methyl sites for hydroxylation is 2. The summed E-state index contributed by atoms with van der Waals surface area (Å²) in [6.07, 6.45) is 0. The molecule has 0 fully saturated rings. The lowest BCUT2D eigenvalue weighted by Crippen LogP contribution is -2.10. The Morgan fingerprint density at radius 1 is 0.900 bits per heavy atom. The van der Waals surface area contributed by atoms with Crippen LogP contribution in [0.25, 0.3) is 0 Å². The third-order valence-electron chi connectivity index (χ3n) is 2.85. The summed E-state index contributed by atoms with van der Waals surface area (Å²) in [5.74, 6) is 1.35. The number of benzene rings is 2. The van der Waals surface area contributed by atoms with E-state index in [0.29, 0.717) is 35.4 Å². The Hall–Kier alpha value is -1.87. The third kappa shape index (κ3) is 3.81. The SMILES string of the molecule is Cc1ccc(OCCOc2cc(C)ccc2Cl)c(N)c1. The van der Waals surface area contributed by atoms with Crippen molar-refractivity contribution in [3.8, 4) is 11.5 Å². The summed E-state index contributed by atoms with van der Waals surface area (Å²) in [7, 11) is 0. The fourth-order valence-electron chi connectivity index (χ4n) is 1.82. The number of halogens is 1. The number of hydrogen-bond acceptors (Lipinski definition) is 3. The standard InChI is InChI=1S/C16H18ClNO2/c1-11-4-6-15(14(18)9-11)19-7-8-20-16-10-12(2)3-5-13(16)17/h3-6,9-10H,7-8,18H2,1-2H3. The van der Waals surface area contributed by atoms with Gasteiger partial charge in [-0.05, 0) is 49.2 Å². The fraction of sp³-hybridized carbons (Fsp3) is 0.250. The van der Waals surface area contributed by atoms with Crippen molar-refractivity contribution < 1.29 is 9.47 Å². The van der Waals surface area contributed by atoms with Crippen LogP contribution in [0.2, 0.25) is 5.02 Å². The predicted molar refractivity (Wildman–Crippen MR) is 82.8 cm³/mol. The Bertz CT molecular complexity index is 599. The summed E-state index contributed by atoms with van der Waals surface area (Å²) in [4.78, 5) is 0. The van der Waals surface area contributed by atoms with Gasteiger partial charge in [-0.3, -0.25) is 0 Å². The van der Waals surface area contributed by atoms with E-state index in [1.54, 1.807) is 0 Å². The molecule has 0 heterocycles. The van der Waals surface area contributed by atoms with Gasteiger partial charge in [0.2, 0.25) is 0 Å². The maximum Gasteiger partial charge on any atom is 0.142 e. The van der Waals surface area contributed by atoms with Crippen molar-refractivity contribution >= 4 is 17.3 Å². The summed E-state index contributed by atoms with van der Waals surface area (Å²) >= 11 is 6.05. The van der Waals surface area contributed by atoms with Crippen molar-refractivity contribution in [2.45, 2.75) is 13.8 Å². The highest BCUT2D eigenvalue weighted by atomic mass is 35.5. The molecule has 0 amide bonds. The zero-order valence-corrected chi connectivity index (χ0v) is 12.4. The van der Waals surface area contributed by atoms with Crippen LogP contribution in [-0.4, -0.2) is 13.2 Å². The molecular weight excluding hydrogens is 274 g/mol. The van der Waals surface area contributed by atoms with Gasteiger partial charge in [0, 0.05) is 0 Å². The quantitative estimate of drug-likeness (QED) is 0.669. The van der Waals surface area contributed by atoms with Crippen molar-refractivity contribution in [2.75, 3.05) is 18.9 Å². The average Bonchev–Trinajstić information content (AvgIpc) is 2.40. The van der Waals surface area contributed by atoms with Crippen molar-refractivity contribution in [1.82, 2.24) is 0 Å². The Labute approximate surface area is 124 Å². The largest absolute Gasteiger partial charge is 0.488 e. The molecule has 0 spiro atoms. The Kier molecular flexibility index (Phi) is 4.74. The molecule has 0 saturated carbocycles. The van der Waals surface area contributed by atoms with Crippen LogP contribution in [-0.2, 0) is 0 Å². The summed E-state index contributed by atoms with van der Waals surface area (Å²) in [5, 5.41) is 0.602. The molecule has 0 aliphatic heterocycles. The fourth-order valence-corrected chi connectivity index (χ4v) is 2.00. The number of hydrogen-bond donors (Lipinski definition) is 1. The molecule has 2 aromatic rings. The van der Waals surface area contributed by atoms with Crippen LogP contribution in [0.5, 0.6) is 11.5 Å². The average molecular weight is 292 g/mol. The lowest BCUT2D eigenvalue weighted by molar-refractivity contribution is 0.218. The molecule has 20 heavy (non-hydrogen) atoms. The minimum atomic E-state index is 0.413. The molecule has 0 saturated heterocycles. The first-order valence-corrected chi connectivity index (χ1v) is 6.82. The maximum atomic E-state index is 6.05. The van der Waals surface area contributed by atoms with E-state index in [0.717, 1.165) is 11.1 Å². The highest BCUT2D eigenvalue weighted by Crippen LogP contribution is 2.25. The Balaban J connectivity index is 1.86. The van der Waals surface area contributed by atoms with Gasteiger partial charge in [0.25, 0.3) is 0 Å². The van der Waals surface area contributed by atoms with Gasteiger partial charge in [-0.1, -0.05) is 23.7 Å². The van der Waals surface area contributed by atoms with Crippen molar-refractivity contribution in [2.24, 2.45) is 0 Å². The van der Waals surface area contributed by atoms with E-state index in [2.05, 4.69) is 0 Å². The van der Waals surface area contributed by atoms with Crippen LogP contribution in [0.3, 0.4) is 0 Å². The first-order chi connectivity index (χ1) is 9.56. The van der Waals surface area contributed by atoms with Crippen LogP contribution < -0.4 is 15.2 Å². The van der Waals surface area contributed by atoms with E-state index >= 15 is 0 Å². The predicted octanol–water partition coefficient (Wildman–Crippen LogP) is 4.00. The topological polar surface area (TPSA) is 44.5 Å².